The Morgan fingerprint density at radius 3 is 2.54 bits per heavy atom. The molecule has 2 aliphatic rings. The molecule has 0 spiro atoms. The zero-order valence-electron chi connectivity index (χ0n) is 14.0. The first kappa shape index (κ1) is 17.7. The van der Waals surface area contributed by atoms with Crippen molar-refractivity contribution in [2.24, 2.45) is 5.92 Å². The van der Waals surface area contributed by atoms with Crippen LogP contribution in [0.15, 0.2) is 24.3 Å². The molecular formula is C18H26ClN3O2. The monoisotopic (exact) mass is 351 g/mol. The molecule has 2 N–H and O–H groups in total. The number of hydrogen-bond donors (Lipinski definition) is 2. The van der Waals surface area contributed by atoms with Crippen LogP contribution in [0.3, 0.4) is 0 Å². The van der Waals surface area contributed by atoms with Crippen LogP contribution in [0.2, 0.25) is 5.02 Å². The van der Waals surface area contributed by atoms with Gasteiger partial charge in [0.25, 0.3) is 0 Å². The van der Waals surface area contributed by atoms with E-state index in [2.05, 4.69) is 15.1 Å². The van der Waals surface area contributed by atoms with Crippen LogP contribution in [-0.2, 0) is 11.3 Å². The first-order chi connectivity index (χ1) is 11.6. The van der Waals surface area contributed by atoms with Crippen LogP contribution in [0.5, 0.6) is 0 Å². The lowest BCUT2D eigenvalue weighted by molar-refractivity contribution is -0.122. The average molecular weight is 352 g/mol. The molecule has 1 saturated heterocycles. The number of benzene rings is 1. The van der Waals surface area contributed by atoms with Crippen molar-refractivity contribution in [1.29, 1.82) is 0 Å². The highest BCUT2D eigenvalue weighted by Gasteiger charge is 2.31. The number of carbonyl (C=O) groups is 1. The maximum absolute atomic E-state index is 12.1. The highest BCUT2D eigenvalue weighted by atomic mass is 35.5. The number of β-amino-alcohol motifs (C(OH)–C–C–N with tert-alkyl or cyclic N) is 1. The minimum absolute atomic E-state index is 0.0291. The number of nitrogens with one attached hydrogen (secondary N) is 1. The second-order valence-corrected chi connectivity index (χ2v) is 7.26. The van der Waals surface area contributed by atoms with Gasteiger partial charge in [-0.2, -0.15) is 0 Å². The second-order valence-electron chi connectivity index (χ2n) is 6.85. The standard InChI is InChI=1S/C18H26ClN3O2/c19-16-4-2-1-3-15(16)11-20-18(24)13-22-9-7-21(8-10-22)12-17(23)14-5-6-14/h1-4,14,17,23H,5-13H2,(H,20,24)/t17-/m1/s1. The largest absolute Gasteiger partial charge is 0.392 e. The van der Waals surface area contributed by atoms with E-state index in [1.807, 2.05) is 24.3 Å². The van der Waals surface area contributed by atoms with E-state index in [9.17, 15) is 9.90 Å². The van der Waals surface area contributed by atoms with E-state index in [4.69, 9.17) is 11.6 Å². The van der Waals surface area contributed by atoms with Crippen LogP contribution in [0.25, 0.3) is 0 Å². The fourth-order valence-corrected chi connectivity index (χ4v) is 3.32. The van der Waals surface area contributed by atoms with Crippen molar-refractivity contribution in [3.05, 3.63) is 34.9 Å². The van der Waals surface area contributed by atoms with Crippen LogP contribution < -0.4 is 5.32 Å². The maximum Gasteiger partial charge on any atom is 0.234 e. The van der Waals surface area contributed by atoms with Crippen molar-refractivity contribution in [2.75, 3.05) is 39.3 Å². The summed E-state index contributed by atoms with van der Waals surface area (Å²) in [6, 6.07) is 7.56. The lowest BCUT2D eigenvalue weighted by atomic mass is 10.2. The summed E-state index contributed by atoms with van der Waals surface area (Å²) in [6.07, 6.45) is 2.18. The quantitative estimate of drug-likeness (QED) is 0.778. The molecule has 1 aliphatic carbocycles. The smallest absolute Gasteiger partial charge is 0.234 e. The average Bonchev–Trinajstić information content (AvgIpc) is 3.41. The number of carbonyl (C=O) groups excluding carboxylic acids is 1. The predicted molar refractivity (Wildman–Crippen MR) is 94.9 cm³/mol. The molecule has 132 valence electrons. The Balaban J connectivity index is 1.34. The normalized spacial score (nSPS) is 20.8. The molecule has 24 heavy (non-hydrogen) atoms. The van der Waals surface area contributed by atoms with Gasteiger partial charge in [-0.3, -0.25) is 14.6 Å². The van der Waals surface area contributed by atoms with E-state index in [1.165, 1.54) is 12.8 Å². The van der Waals surface area contributed by atoms with Gasteiger partial charge >= 0.3 is 0 Å². The fourth-order valence-electron chi connectivity index (χ4n) is 3.12. The maximum atomic E-state index is 12.1. The number of nitrogens with zero attached hydrogens (tertiary/aromatic N) is 2. The van der Waals surface area contributed by atoms with E-state index in [-0.39, 0.29) is 12.0 Å². The topological polar surface area (TPSA) is 55.8 Å². The van der Waals surface area contributed by atoms with Gasteiger partial charge in [-0.05, 0) is 30.4 Å². The molecule has 0 aromatic heterocycles. The Kier molecular flexibility index (Phi) is 6.11. The van der Waals surface area contributed by atoms with E-state index in [1.54, 1.807) is 0 Å². The van der Waals surface area contributed by atoms with Crippen molar-refractivity contribution in [2.45, 2.75) is 25.5 Å². The molecule has 1 aromatic carbocycles. The molecular weight excluding hydrogens is 326 g/mol. The number of amides is 1. The highest BCUT2D eigenvalue weighted by Crippen LogP contribution is 2.32. The molecule has 1 saturated carbocycles. The zero-order chi connectivity index (χ0) is 16.9. The van der Waals surface area contributed by atoms with Crippen molar-refractivity contribution in [3.63, 3.8) is 0 Å². The molecule has 1 aromatic rings. The second kappa shape index (κ2) is 8.30. The molecule has 5 nitrogen and oxygen atoms in total. The summed E-state index contributed by atoms with van der Waals surface area (Å²) in [7, 11) is 0. The molecule has 0 unspecified atom stereocenters. The number of aliphatic hydroxyl groups excluding tert-OH is 1. The summed E-state index contributed by atoms with van der Waals surface area (Å²) in [5.74, 6) is 0.556. The Morgan fingerprint density at radius 1 is 1.21 bits per heavy atom. The third-order valence-electron chi connectivity index (χ3n) is 4.88. The summed E-state index contributed by atoms with van der Waals surface area (Å²) in [5, 5.41) is 13.6. The Labute approximate surface area is 148 Å². The first-order valence-corrected chi connectivity index (χ1v) is 9.12. The van der Waals surface area contributed by atoms with Crippen LogP contribution in [0.4, 0.5) is 0 Å². The number of rotatable bonds is 7. The van der Waals surface area contributed by atoms with Gasteiger partial charge in [0.15, 0.2) is 0 Å². The molecule has 3 rings (SSSR count). The van der Waals surface area contributed by atoms with Crippen molar-refractivity contribution < 1.29 is 9.90 Å². The van der Waals surface area contributed by atoms with Gasteiger partial charge in [0.2, 0.25) is 5.91 Å². The van der Waals surface area contributed by atoms with Gasteiger partial charge in [0, 0.05) is 44.3 Å². The summed E-state index contributed by atoms with van der Waals surface area (Å²) >= 11 is 6.10. The van der Waals surface area contributed by atoms with Gasteiger partial charge in [-0.15, -0.1) is 0 Å². The van der Waals surface area contributed by atoms with E-state index in [0.29, 0.717) is 24.0 Å². The lowest BCUT2D eigenvalue weighted by Crippen LogP contribution is -2.51. The summed E-state index contributed by atoms with van der Waals surface area (Å²) in [6.45, 7) is 5.24. The molecule has 6 heteroatoms. The molecule has 1 atom stereocenters. The number of aliphatic hydroxyl groups is 1. The van der Waals surface area contributed by atoms with Crippen LogP contribution in [-0.4, -0.2) is 66.2 Å². The fraction of sp³-hybridized carbons (Fsp3) is 0.611. The first-order valence-electron chi connectivity index (χ1n) is 8.74. The lowest BCUT2D eigenvalue weighted by Gasteiger charge is -2.35. The number of piperazine rings is 1. The minimum Gasteiger partial charge on any atom is -0.392 e. The highest BCUT2D eigenvalue weighted by molar-refractivity contribution is 6.31. The summed E-state index contributed by atoms with van der Waals surface area (Å²) < 4.78 is 0. The molecule has 1 amide bonds. The molecule has 0 bridgehead atoms. The minimum atomic E-state index is -0.171. The van der Waals surface area contributed by atoms with E-state index < -0.39 is 0 Å². The third-order valence-corrected chi connectivity index (χ3v) is 5.25. The van der Waals surface area contributed by atoms with Gasteiger partial charge in [-0.25, -0.2) is 0 Å². The zero-order valence-corrected chi connectivity index (χ0v) is 14.7. The predicted octanol–water partition coefficient (Wildman–Crippen LogP) is 1.34. The number of hydrogen-bond acceptors (Lipinski definition) is 4. The van der Waals surface area contributed by atoms with Crippen molar-refractivity contribution in [3.8, 4) is 0 Å². The Bertz CT molecular complexity index is 557. The van der Waals surface area contributed by atoms with Crippen molar-refractivity contribution in [1.82, 2.24) is 15.1 Å². The van der Waals surface area contributed by atoms with Gasteiger partial charge in [0.05, 0.1) is 12.6 Å². The molecule has 2 fully saturated rings. The van der Waals surface area contributed by atoms with Crippen LogP contribution in [0, 0.1) is 5.92 Å². The Hall–Kier alpha value is -1.14. The van der Waals surface area contributed by atoms with Gasteiger partial charge in [0.1, 0.15) is 0 Å². The van der Waals surface area contributed by atoms with Gasteiger partial charge in [-0.1, -0.05) is 29.8 Å². The summed E-state index contributed by atoms with van der Waals surface area (Å²) in [4.78, 5) is 16.6. The van der Waals surface area contributed by atoms with Crippen molar-refractivity contribution >= 4 is 17.5 Å². The van der Waals surface area contributed by atoms with E-state index >= 15 is 0 Å². The summed E-state index contributed by atoms with van der Waals surface area (Å²) in [5.41, 5.74) is 0.936. The van der Waals surface area contributed by atoms with Crippen LogP contribution >= 0.6 is 11.6 Å². The third kappa shape index (κ3) is 5.18. The van der Waals surface area contributed by atoms with Crippen LogP contribution in [0.1, 0.15) is 18.4 Å². The Morgan fingerprint density at radius 2 is 1.88 bits per heavy atom. The number of halogens is 1. The molecule has 1 aliphatic heterocycles. The SMILES string of the molecule is O=C(CN1CCN(C[C@@H](O)C2CC2)CC1)NCc1ccccc1Cl. The van der Waals surface area contributed by atoms with Gasteiger partial charge < -0.3 is 10.4 Å². The van der Waals surface area contributed by atoms with E-state index in [0.717, 1.165) is 38.3 Å². The molecule has 1 heterocycles. The molecule has 0 radical (unpaired) electrons.